The predicted molar refractivity (Wildman–Crippen MR) is 122 cm³/mol. The minimum Gasteiger partial charge on any atom is -0.487 e. The maximum Gasteiger partial charge on any atom is 0.332 e. The van der Waals surface area contributed by atoms with E-state index in [0.717, 1.165) is 41.8 Å². The average molecular weight is 453 g/mol. The number of aromatic nitrogens is 4. The topological polar surface area (TPSA) is 103 Å². The Morgan fingerprint density at radius 3 is 2.67 bits per heavy atom. The molecule has 0 aliphatic carbocycles. The number of carbonyl (C=O) groups is 1. The predicted octanol–water partition coefficient (Wildman–Crippen LogP) is 0.538. The third-order valence-electron chi connectivity index (χ3n) is 6.93. The number of piperidine rings is 1. The van der Waals surface area contributed by atoms with Crippen molar-refractivity contribution in [3.8, 4) is 5.75 Å². The van der Waals surface area contributed by atoms with Crippen LogP contribution >= 0.6 is 0 Å². The van der Waals surface area contributed by atoms with Gasteiger partial charge in [-0.05, 0) is 26.0 Å². The van der Waals surface area contributed by atoms with Crippen molar-refractivity contribution in [3.63, 3.8) is 0 Å². The lowest BCUT2D eigenvalue weighted by molar-refractivity contribution is -0.123. The molecule has 2 aliphatic heterocycles. The summed E-state index contributed by atoms with van der Waals surface area (Å²) in [7, 11) is 5.33. The zero-order valence-electron chi connectivity index (χ0n) is 19.1. The third kappa shape index (κ3) is 3.64. The van der Waals surface area contributed by atoms with E-state index in [-0.39, 0.29) is 29.6 Å². The first kappa shape index (κ1) is 21.4. The summed E-state index contributed by atoms with van der Waals surface area (Å²) in [6.07, 6.45) is 3.88. The molecule has 0 radical (unpaired) electrons. The number of likely N-dealkylation sites (tertiary alicyclic amines) is 1. The summed E-state index contributed by atoms with van der Waals surface area (Å²) in [6.45, 7) is 1.50. The van der Waals surface area contributed by atoms with E-state index in [1.54, 1.807) is 18.7 Å². The molecule has 0 bridgehead atoms. The number of carbonyl (C=O) groups excluding carboxylic acids is 1. The van der Waals surface area contributed by atoms with Gasteiger partial charge in [0.05, 0.1) is 12.4 Å². The Kier molecular flexibility index (Phi) is 5.12. The first-order chi connectivity index (χ1) is 15.8. The molecule has 1 fully saturated rings. The first-order valence-corrected chi connectivity index (χ1v) is 11.1. The molecule has 1 unspecified atom stereocenters. The van der Waals surface area contributed by atoms with E-state index in [2.05, 4.69) is 22.2 Å². The molecule has 1 saturated heterocycles. The Balaban J connectivity index is 1.44. The van der Waals surface area contributed by atoms with Crippen LogP contribution in [0.5, 0.6) is 5.75 Å². The smallest absolute Gasteiger partial charge is 0.332 e. The van der Waals surface area contributed by atoms with Crippen LogP contribution in [0, 0.1) is 0 Å². The van der Waals surface area contributed by atoms with Crippen LogP contribution in [0.2, 0.25) is 0 Å². The average Bonchev–Trinajstić information content (AvgIpc) is 3.19. The Morgan fingerprint density at radius 2 is 1.91 bits per heavy atom. The van der Waals surface area contributed by atoms with Gasteiger partial charge in [-0.15, -0.1) is 0 Å². The molecular weight excluding hydrogens is 424 g/mol. The van der Waals surface area contributed by atoms with Gasteiger partial charge in [-0.3, -0.25) is 14.2 Å². The van der Waals surface area contributed by atoms with Gasteiger partial charge in [0.1, 0.15) is 17.9 Å². The number of fused-ring (bicyclic) bond motifs is 2. The highest BCUT2D eigenvalue weighted by Gasteiger charge is 2.43. The van der Waals surface area contributed by atoms with Gasteiger partial charge in [-0.25, -0.2) is 14.3 Å². The van der Waals surface area contributed by atoms with E-state index in [0.29, 0.717) is 12.1 Å². The molecule has 10 nitrogen and oxygen atoms in total. The molecule has 1 atom stereocenters. The molecule has 5 rings (SSSR count). The summed E-state index contributed by atoms with van der Waals surface area (Å²) >= 11 is 0. The summed E-state index contributed by atoms with van der Waals surface area (Å²) in [5, 5.41) is 3.07. The number of imidazole rings is 1. The van der Waals surface area contributed by atoms with E-state index >= 15 is 0 Å². The number of hydrogen-bond acceptors (Lipinski definition) is 6. The first-order valence-electron chi connectivity index (χ1n) is 11.1. The van der Waals surface area contributed by atoms with E-state index in [4.69, 9.17) is 4.74 Å². The minimum absolute atomic E-state index is 0.258. The van der Waals surface area contributed by atoms with Gasteiger partial charge in [0.15, 0.2) is 11.2 Å². The van der Waals surface area contributed by atoms with Gasteiger partial charge < -0.3 is 19.5 Å². The number of amides is 1. The second-order valence-corrected chi connectivity index (χ2v) is 9.21. The second-order valence-electron chi connectivity index (χ2n) is 9.21. The van der Waals surface area contributed by atoms with Crippen molar-refractivity contribution in [3.05, 3.63) is 57.0 Å². The van der Waals surface area contributed by atoms with Crippen LogP contribution in [0.3, 0.4) is 0 Å². The quantitative estimate of drug-likeness (QED) is 0.622. The second kappa shape index (κ2) is 7.87. The Morgan fingerprint density at radius 1 is 1.18 bits per heavy atom. The fourth-order valence-corrected chi connectivity index (χ4v) is 5.00. The summed E-state index contributed by atoms with van der Waals surface area (Å²) < 4.78 is 10.3. The summed E-state index contributed by atoms with van der Waals surface area (Å²) in [4.78, 5) is 45.3. The number of rotatable bonds is 3. The molecule has 10 heteroatoms. The Labute approximate surface area is 190 Å². The zero-order valence-corrected chi connectivity index (χ0v) is 19.1. The van der Waals surface area contributed by atoms with Crippen LogP contribution in [0.25, 0.3) is 11.2 Å². The highest BCUT2D eigenvalue weighted by Crippen LogP contribution is 2.44. The third-order valence-corrected chi connectivity index (χ3v) is 6.93. The summed E-state index contributed by atoms with van der Waals surface area (Å²) in [5.41, 5.74) is 0.0679. The van der Waals surface area contributed by atoms with Crippen LogP contribution < -0.4 is 21.3 Å². The van der Waals surface area contributed by atoms with Crippen molar-refractivity contribution in [2.24, 2.45) is 14.1 Å². The molecule has 4 heterocycles. The van der Waals surface area contributed by atoms with Gasteiger partial charge in [0.2, 0.25) is 5.91 Å². The number of aryl methyl sites for hydroxylation is 2. The number of nitrogens with zero attached hydrogens (tertiary/aromatic N) is 5. The highest BCUT2D eigenvalue weighted by atomic mass is 16.5. The molecule has 2 aliphatic rings. The SMILES string of the molecule is CN1CCC2(CC1)CC(NC(=O)Cn1c(=O)c3c(ncn3C)n(C)c1=O)c1ccccc1O2. The van der Waals surface area contributed by atoms with Crippen molar-refractivity contribution in [2.75, 3.05) is 20.1 Å². The number of nitrogens with one attached hydrogen (secondary N) is 1. The van der Waals surface area contributed by atoms with Crippen LogP contribution in [0.1, 0.15) is 30.9 Å². The normalized spacial score (nSPS) is 19.9. The number of ether oxygens (including phenoxy) is 1. The molecular formula is C23H28N6O4. The van der Waals surface area contributed by atoms with Crippen LogP contribution in [-0.4, -0.2) is 55.2 Å². The summed E-state index contributed by atoms with van der Waals surface area (Å²) in [6, 6.07) is 7.48. The van der Waals surface area contributed by atoms with Crippen LogP contribution in [0.15, 0.2) is 40.2 Å². The molecule has 1 spiro atoms. The standard InChI is InChI=1S/C23H28N6O4/c1-26-10-8-23(9-11-26)12-16(15-6-4-5-7-17(15)33-23)25-18(30)13-29-21(31)19-20(24-14-27(19)2)28(3)22(29)32/h4-7,14,16H,8-13H2,1-3H3,(H,25,30). The van der Waals surface area contributed by atoms with Crippen molar-refractivity contribution in [2.45, 2.75) is 37.5 Å². The van der Waals surface area contributed by atoms with Gasteiger partial charge in [-0.2, -0.15) is 0 Å². The number of para-hydroxylation sites is 1. The molecule has 33 heavy (non-hydrogen) atoms. The number of hydrogen-bond donors (Lipinski definition) is 1. The maximum absolute atomic E-state index is 13.1. The lowest BCUT2D eigenvalue weighted by Crippen LogP contribution is -2.52. The molecule has 1 aromatic carbocycles. The van der Waals surface area contributed by atoms with Gasteiger partial charge in [0, 0.05) is 39.2 Å². The zero-order chi connectivity index (χ0) is 23.3. The lowest BCUT2D eigenvalue weighted by atomic mass is 9.80. The Hall–Kier alpha value is -3.40. The number of benzene rings is 1. The van der Waals surface area contributed by atoms with Gasteiger partial charge >= 0.3 is 5.69 Å². The molecule has 3 aromatic rings. The van der Waals surface area contributed by atoms with Gasteiger partial charge in [0.25, 0.3) is 5.56 Å². The van der Waals surface area contributed by atoms with E-state index in [1.165, 1.54) is 10.9 Å². The van der Waals surface area contributed by atoms with Gasteiger partial charge in [-0.1, -0.05) is 18.2 Å². The van der Waals surface area contributed by atoms with Crippen molar-refractivity contribution < 1.29 is 9.53 Å². The minimum atomic E-state index is -0.569. The fourth-order valence-electron chi connectivity index (χ4n) is 5.00. The monoisotopic (exact) mass is 452 g/mol. The fraction of sp³-hybridized carbons (Fsp3) is 0.478. The van der Waals surface area contributed by atoms with E-state index < -0.39 is 11.2 Å². The maximum atomic E-state index is 13.1. The Bertz CT molecular complexity index is 1350. The highest BCUT2D eigenvalue weighted by molar-refractivity contribution is 5.77. The molecule has 1 amide bonds. The molecule has 0 saturated carbocycles. The molecule has 1 N–H and O–H groups in total. The molecule has 2 aromatic heterocycles. The van der Waals surface area contributed by atoms with Crippen molar-refractivity contribution in [1.82, 2.24) is 28.9 Å². The van der Waals surface area contributed by atoms with E-state index in [1.807, 2.05) is 24.3 Å². The van der Waals surface area contributed by atoms with Crippen LogP contribution in [-0.2, 0) is 25.4 Å². The lowest BCUT2D eigenvalue weighted by Gasteiger charge is -2.46. The van der Waals surface area contributed by atoms with Crippen molar-refractivity contribution >= 4 is 17.1 Å². The molecule has 174 valence electrons. The van der Waals surface area contributed by atoms with Crippen LogP contribution in [0.4, 0.5) is 0 Å². The van der Waals surface area contributed by atoms with Crippen molar-refractivity contribution in [1.29, 1.82) is 0 Å². The van der Waals surface area contributed by atoms with E-state index in [9.17, 15) is 14.4 Å². The summed E-state index contributed by atoms with van der Waals surface area (Å²) in [5.74, 6) is 0.392. The largest absolute Gasteiger partial charge is 0.487 e.